The van der Waals surface area contributed by atoms with Gasteiger partial charge in [0.25, 0.3) is 0 Å². The van der Waals surface area contributed by atoms with Crippen LogP contribution in [-0.4, -0.2) is 11.6 Å². The number of ketones is 2. The molecule has 0 atom stereocenters. The first-order valence-electron chi connectivity index (χ1n) is 10.6. The van der Waals surface area contributed by atoms with Gasteiger partial charge in [-0.2, -0.15) is 0 Å². The van der Waals surface area contributed by atoms with Gasteiger partial charge in [0.2, 0.25) is 0 Å². The first kappa shape index (κ1) is 22.0. The molecule has 0 radical (unpaired) electrons. The van der Waals surface area contributed by atoms with Crippen LogP contribution in [0.25, 0.3) is 0 Å². The third-order valence-corrected chi connectivity index (χ3v) is 5.63. The van der Waals surface area contributed by atoms with Crippen molar-refractivity contribution >= 4 is 11.6 Å². The van der Waals surface area contributed by atoms with E-state index in [1.165, 1.54) is 0 Å². The molecule has 0 heterocycles. The van der Waals surface area contributed by atoms with Crippen LogP contribution in [0.4, 0.5) is 0 Å². The van der Waals surface area contributed by atoms with Crippen molar-refractivity contribution in [3.8, 4) is 0 Å². The highest BCUT2D eigenvalue weighted by Crippen LogP contribution is 2.40. The van der Waals surface area contributed by atoms with Gasteiger partial charge in [0.15, 0.2) is 11.6 Å². The Morgan fingerprint density at radius 1 is 0.667 bits per heavy atom. The number of hydrogen-bond donors (Lipinski definition) is 0. The van der Waals surface area contributed by atoms with E-state index in [9.17, 15) is 9.59 Å². The minimum atomic E-state index is -0.256. The molecular weight excluding hydrogens is 368 g/mol. The smallest absolute Gasteiger partial charge is 0.186 e. The lowest BCUT2D eigenvalue weighted by atomic mass is 9.71. The van der Waals surface area contributed by atoms with Gasteiger partial charge < -0.3 is 0 Å². The van der Waals surface area contributed by atoms with Gasteiger partial charge in [0, 0.05) is 23.1 Å². The SMILES string of the molecule is CC1=CC(=C2C=C(C(C)(C)C)C(=O)C(C(C)(C)C)=C2)C=C(Cc2ccccc2)C1=O. The van der Waals surface area contributed by atoms with Crippen LogP contribution in [0.15, 0.2) is 88.1 Å². The van der Waals surface area contributed by atoms with Crippen molar-refractivity contribution in [2.75, 3.05) is 0 Å². The highest BCUT2D eigenvalue weighted by Gasteiger charge is 2.34. The molecule has 0 spiro atoms. The van der Waals surface area contributed by atoms with E-state index < -0.39 is 0 Å². The summed E-state index contributed by atoms with van der Waals surface area (Å²) in [7, 11) is 0. The summed E-state index contributed by atoms with van der Waals surface area (Å²) in [6.45, 7) is 14.3. The second-order valence-electron chi connectivity index (χ2n) is 10.3. The normalized spacial score (nSPS) is 18.1. The van der Waals surface area contributed by atoms with Crippen LogP contribution in [-0.2, 0) is 16.0 Å². The first-order valence-corrected chi connectivity index (χ1v) is 10.6. The van der Waals surface area contributed by atoms with Crippen molar-refractivity contribution in [2.45, 2.75) is 54.9 Å². The standard InChI is InChI=1S/C28H32O2/c1-18-13-20(15-22(25(18)29)14-19-11-9-8-10-12-19)21-16-23(27(2,3)4)26(30)24(17-21)28(5,6)7/h8-13,15-17H,14H2,1-7H3. The summed E-state index contributed by atoms with van der Waals surface area (Å²) in [4.78, 5) is 26.0. The molecule has 0 amide bonds. The molecule has 1 aromatic carbocycles. The van der Waals surface area contributed by atoms with Crippen molar-refractivity contribution in [3.63, 3.8) is 0 Å². The molecular formula is C28H32O2. The lowest BCUT2D eigenvalue weighted by molar-refractivity contribution is -0.114. The summed E-state index contributed by atoms with van der Waals surface area (Å²) in [5, 5.41) is 0. The highest BCUT2D eigenvalue weighted by molar-refractivity contribution is 6.13. The van der Waals surface area contributed by atoms with Gasteiger partial charge in [-0.3, -0.25) is 9.59 Å². The quantitative estimate of drug-likeness (QED) is 0.567. The van der Waals surface area contributed by atoms with E-state index in [1.54, 1.807) is 0 Å². The molecule has 0 N–H and O–H groups in total. The number of carbonyl (C=O) groups is 2. The first-order chi connectivity index (χ1) is 13.9. The van der Waals surface area contributed by atoms with E-state index in [1.807, 2.05) is 61.6 Å². The Hall–Kier alpha value is -2.74. The van der Waals surface area contributed by atoms with E-state index in [4.69, 9.17) is 0 Å². The molecule has 2 nitrogen and oxygen atoms in total. The van der Waals surface area contributed by atoms with Crippen molar-refractivity contribution in [1.82, 2.24) is 0 Å². The highest BCUT2D eigenvalue weighted by atomic mass is 16.1. The van der Waals surface area contributed by atoms with Gasteiger partial charge in [-0.25, -0.2) is 0 Å². The van der Waals surface area contributed by atoms with Crippen LogP contribution >= 0.6 is 0 Å². The zero-order chi connectivity index (χ0) is 22.3. The number of rotatable bonds is 2. The van der Waals surface area contributed by atoms with Crippen molar-refractivity contribution in [3.05, 3.63) is 93.6 Å². The molecule has 2 aliphatic carbocycles. The second kappa shape index (κ2) is 7.83. The van der Waals surface area contributed by atoms with Gasteiger partial charge >= 0.3 is 0 Å². The molecule has 0 fully saturated rings. The second-order valence-corrected chi connectivity index (χ2v) is 10.3. The minimum Gasteiger partial charge on any atom is -0.289 e. The van der Waals surface area contributed by atoms with E-state index >= 15 is 0 Å². The van der Waals surface area contributed by atoms with Crippen LogP contribution in [0.5, 0.6) is 0 Å². The summed E-state index contributed by atoms with van der Waals surface area (Å²) in [5.41, 5.74) is 5.76. The molecule has 2 aliphatic rings. The van der Waals surface area contributed by atoms with Crippen LogP contribution in [0, 0.1) is 10.8 Å². The molecule has 1 aromatic rings. The maximum atomic E-state index is 13.2. The molecule has 0 unspecified atom stereocenters. The molecule has 156 valence electrons. The molecule has 0 saturated heterocycles. The topological polar surface area (TPSA) is 34.1 Å². The Bertz CT molecular complexity index is 1000. The number of carbonyl (C=O) groups excluding carboxylic acids is 2. The van der Waals surface area contributed by atoms with Crippen molar-refractivity contribution in [2.24, 2.45) is 10.8 Å². The van der Waals surface area contributed by atoms with Crippen molar-refractivity contribution < 1.29 is 9.59 Å². The summed E-state index contributed by atoms with van der Waals surface area (Å²) >= 11 is 0. The summed E-state index contributed by atoms with van der Waals surface area (Å²) in [5.74, 6) is 0.218. The summed E-state index contributed by atoms with van der Waals surface area (Å²) < 4.78 is 0. The molecule has 0 saturated carbocycles. The van der Waals surface area contributed by atoms with E-state index in [0.29, 0.717) is 6.42 Å². The van der Waals surface area contributed by atoms with Crippen LogP contribution < -0.4 is 0 Å². The van der Waals surface area contributed by atoms with Gasteiger partial charge in [-0.15, -0.1) is 0 Å². The zero-order valence-corrected chi connectivity index (χ0v) is 19.2. The monoisotopic (exact) mass is 400 g/mol. The predicted octanol–water partition coefficient (Wildman–Crippen LogP) is 6.51. The molecule has 0 bridgehead atoms. The van der Waals surface area contributed by atoms with E-state index in [0.717, 1.165) is 39.0 Å². The Balaban J connectivity index is 2.17. The maximum Gasteiger partial charge on any atom is 0.186 e. The van der Waals surface area contributed by atoms with Gasteiger partial charge in [-0.1, -0.05) is 71.9 Å². The number of allylic oxidation sites excluding steroid dienone is 10. The fourth-order valence-electron chi connectivity index (χ4n) is 3.87. The molecule has 2 heteroatoms. The van der Waals surface area contributed by atoms with Crippen molar-refractivity contribution in [1.29, 1.82) is 0 Å². The van der Waals surface area contributed by atoms with Crippen LogP contribution in [0.2, 0.25) is 0 Å². The van der Waals surface area contributed by atoms with Gasteiger partial charge in [0.05, 0.1) is 0 Å². The molecule has 0 aliphatic heterocycles. The maximum absolute atomic E-state index is 13.2. The Kier molecular flexibility index (Phi) is 5.73. The minimum absolute atomic E-state index is 0.0927. The zero-order valence-electron chi connectivity index (χ0n) is 19.2. The predicted molar refractivity (Wildman–Crippen MR) is 124 cm³/mol. The average Bonchev–Trinajstić information content (AvgIpc) is 2.64. The lowest BCUT2D eigenvalue weighted by Gasteiger charge is -2.32. The van der Waals surface area contributed by atoms with E-state index in [2.05, 4.69) is 41.5 Å². The van der Waals surface area contributed by atoms with Crippen LogP contribution in [0.1, 0.15) is 54.0 Å². The Labute approximate surface area is 180 Å². The lowest BCUT2D eigenvalue weighted by Crippen LogP contribution is -2.28. The van der Waals surface area contributed by atoms with Crippen LogP contribution in [0.3, 0.4) is 0 Å². The number of benzene rings is 1. The summed E-state index contributed by atoms with van der Waals surface area (Å²) in [6, 6.07) is 10.1. The number of Topliss-reactive ketones (excluding diaryl/α,β-unsaturated/α-hetero) is 2. The third kappa shape index (κ3) is 4.53. The molecule has 30 heavy (non-hydrogen) atoms. The third-order valence-electron chi connectivity index (χ3n) is 5.63. The molecule has 3 rings (SSSR count). The fourth-order valence-corrected chi connectivity index (χ4v) is 3.87. The fraction of sp³-hybridized carbons (Fsp3) is 0.357. The van der Waals surface area contributed by atoms with Gasteiger partial charge in [0.1, 0.15) is 0 Å². The largest absolute Gasteiger partial charge is 0.289 e. The Morgan fingerprint density at radius 3 is 1.67 bits per heavy atom. The van der Waals surface area contributed by atoms with Gasteiger partial charge in [-0.05, 0) is 64.3 Å². The van der Waals surface area contributed by atoms with E-state index in [-0.39, 0.29) is 22.4 Å². The Morgan fingerprint density at radius 2 is 1.17 bits per heavy atom. The summed E-state index contributed by atoms with van der Waals surface area (Å²) in [6.07, 6.45) is 8.59. The average molecular weight is 401 g/mol. The molecule has 0 aromatic heterocycles. The number of hydrogen-bond acceptors (Lipinski definition) is 2.